The van der Waals surface area contributed by atoms with E-state index in [1.807, 2.05) is 31.3 Å². The molecule has 0 aliphatic carbocycles. The van der Waals surface area contributed by atoms with Crippen molar-refractivity contribution in [3.8, 4) is 5.75 Å². The second-order valence-corrected chi connectivity index (χ2v) is 9.20. The number of aliphatic imine (C=N–C) groups is 1. The van der Waals surface area contributed by atoms with Gasteiger partial charge < -0.3 is 26.0 Å². The monoisotopic (exact) mass is 501 g/mol. The highest BCUT2D eigenvalue weighted by Crippen LogP contribution is 2.19. The number of hydrogen-bond donors (Lipinski definition) is 3. The van der Waals surface area contributed by atoms with Gasteiger partial charge in [0.05, 0.1) is 5.22 Å². The number of ether oxygens (including phenoxy) is 1. The number of alkyl halides is 1. The van der Waals surface area contributed by atoms with Crippen molar-refractivity contribution in [2.45, 2.75) is 45.4 Å². The smallest absolute Gasteiger partial charge is 0.204 e. The number of nitrogens with one attached hydrogen (secondary N) is 2. The summed E-state index contributed by atoms with van der Waals surface area (Å²) in [6.45, 7) is 11.3. The van der Waals surface area contributed by atoms with Crippen molar-refractivity contribution in [1.82, 2.24) is 4.90 Å². The summed E-state index contributed by atoms with van der Waals surface area (Å²) < 4.78 is 34.7. The van der Waals surface area contributed by atoms with Crippen molar-refractivity contribution >= 4 is 36.4 Å². The lowest BCUT2D eigenvalue weighted by atomic mass is 10.1. The maximum absolute atomic E-state index is 15.1. The molecule has 0 bridgehead atoms. The lowest BCUT2D eigenvalue weighted by Crippen LogP contribution is -2.32. The van der Waals surface area contributed by atoms with Crippen LogP contribution in [-0.2, 0) is 4.79 Å². The molecule has 1 heterocycles. The normalized spacial score (nSPS) is 16.8. The average molecular weight is 502 g/mol. The molecule has 2 aromatic rings. The summed E-state index contributed by atoms with van der Waals surface area (Å²) in [5, 5.41) is 7.19. The first-order chi connectivity index (χ1) is 17.1. The number of anilines is 2. The first-order valence-corrected chi connectivity index (χ1v) is 11.9. The van der Waals surface area contributed by atoms with E-state index in [0.29, 0.717) is 35.0 Å². The Morgan fingerprint density at radius 1 is 1.31 bits per heavy atom. The highest BCUT2D eigenvalue weighted by atomic mass is 19.1. The van der Waals surface area contributed by atoms with Gasteiger partial charge in [0.1, 0.15) is 29.2 Å². The summed E-state index contributed by atoms with van der Waals surface area (Å²) >= 11 is 0. The minimum absolute atomic E-state index is 0.0537. The second-order valence-electron chi connectivity index (χ2n) is 9.20. The zero-order valence-electron chi connectivity index (χ0n) is 21.5. The van der Waals surface area contributed by atoms with E-state index in [-0.39, 0.29) is 12.5 Å². The predicted octanol–water partition coefficient (Wildman–Crippen LogP) is 3.24. The Hall–Kier alpha value is -3.46. The Labute approximate surface area is 211 Å². The molecule has 1 atom stereocenters. The van der Waals surface area contributed by atoms with E-state index in [4.69, 9.17) is 9.53 Å². The van der Waals surface area contributed by atoms with Crippen molar-refractivity contribution in [3.05, 3.63) is 52.7 Å². The lowest BCUT2D eigenvalue weighted by Gasteiger charge is -2.15. The van der Waals surface area contributed by atoms with Crippen LogP contribution in [0.25, 0.3) is 12.4 Å². The fourth-order valence-corrected chi connectivity index (χ4v) is 3.75. The highest BCUT2D eigenvalue weighted by Gasteiger charge is 2.21. The van der Waals surface area contributed by atoms with Crippen LogP contribution < -0.4 is 31.5 Å². The molecule has 1 fully saturated rings. The molecule has 0 radical (unpaired) electrons. The number of nitrogens with zero attached hydrogens (tertiary/aromatic N) is 2. The number of hydrogen-bond acceptors (Lipinski definition) is 6. The van der Waals surface area contributed by atoms with E-state index in [9.17, 15) is 4.39 Å². The number of halogens is 2. The van der Waals surface area contributed by atoms with Gasteiger partial charge in [0.15, 0.2) is 0 Å². The fraction of sp³-hybridized carbons (Fsp3) is 0.407. The number of rotatable bonds is 9. The number of amides is 1. The molecule has 1 aliphatic heterocycles. The number of likely N-dealkylation sites (N-methyl/N-ethyl adjacent to an activating group) is 1. The van der Waals surface area contributed by atoms with Gasteiger partial charge in [0.2, 0.25) is 6.41 Å². The van der Waals surface area contributed by atoms with Gasteiger partial charge in [-0.05, 0) is 76.2 Å². The number of primary amides is 1. The number of benzene rings is 2. The molecule has 196 valence electrons. The number of likely N-dealkylation sites (tertiary alicyclic amines) is 1. The van der Waals surface area contributed by atoms with Crippen molar-refractivity contribution in [2.75, 3.05) is 37.3 Å². The van der Waals surface area contributed by atoms with Crippen LogP contribution in [0.15, 0.2) is 41.4 Å². The van der Waals surface area contributed by atoms with Gasteiger partial charge in [0.25, 0.3) is 0 Å². The Bertz CT molecular complexity index is 1130. The fourth-order valence-electron chi connectivity index (χ4n) is 3.75. The summed E-state index contributed by atoms with van der Waals surface area (Å²) in [6, 6.07) is 10.7. The molecule has 3 rings (SSSR count). The Morgan fingerprint density at radius 3 is 2.47 bits per heavy atom. The number of carbonyl (C=O) groups excluding carboxylic acids is 1. The van der Waals surface area contributed by atoms with E-state index < -0.39 is 11.5 Å². The van der Waals surface area contributed by atoms with E-state index in [1.54, 1.807) is 33.1 Å². The van der Waals surface area contributed by atoms with Gasteiger partial charge in [-0.1, -0.05) is 6.58 Å². The van der Waals surface area contributed by atoms with E-state index in [0.717, 1.165) is 30.9 Å². The van der Waals surface area contributed by atoms with Crippen molar-refractivity contribution < 1.29 is 18.3 Å². The third kappa shape index (κ3) is 9.30. The predicted molar refractivity (Wildman–Crippen MR) is 144 cm³/mol. The highest BCUT2D eigenvalue weighted by molar-refractivity contribution is 5.72. The van der Waals surface area contributed by atoms with Gasteiger partial charge >= 0.3 is 0 Å². The molecule has 1 unspecified atom stereocenters. The van der Waals surface area contributed by atoms with Crippen LogP contribution in [0.5, 0.6) is 5.75 Å². The van der Waals surface area contributed by atoms with Gasteiger partial charge in [-0.2, -0.15) is 0 Å². The zero-order chi connectivity index (χ0) is 26.7. The van der Waals surface area contributed by atoms with Crippen LogP contribution >= 0.6 is 0 Å². The van der Waals surface area contributed by atoms with Crippen LogP contribution in [0.2, 0.25) is 0 Å². The maximum atomic E-state index is 15.1. The molecule has 0 spiro atoms. The molecule has 36 heavy (non-hydrogen) atoms. The molecule has 7 nitrogen and oxygen atoms in total. The van der Waals surface area contributed by atoms with E-state index in [2.05, 4.69) is 32.8 Å². The van der Waals surface area contributed by atoms with E-state index >= 15 is 4.39 Å². The van der Waals surface area contributed by atoms with Gasteiger partial charge in [-0.3, -0.25) is 4.79 Å². The molecule has 1 saturated heterocycles. The van der Waals surface area contributed by atoms with Crippen molar-refractivity contribution in [1.29, 1.82) is 0 Å². The number of nitrogens with two attached hydrogens (primary N) is 1. The largest absolute Gasteiger partial charge is 0.489 e. The standard InChI is InChI=1S/C26H34F2N4O.CH3NO/c1-6-29-25(31-20-9-7-19(8-10-20)30-13-12-26(3,4)28)24-18(2)15-22(16-23(24)27)33-21-11-14-32(5)17-21;2-1-3/h6-10,15-16,21,30-31H,2,11-14,17H2,1,3-5H3;1H,(H2,2,3)/b25-24-,29-6-;. The molecule has 2 aromatic carbocycles. The summed E-state index contributed by atoms with van der Waals surface area (Å²) in [5.74, 6) is 0.407. The lowest BCUT2D eigenvalue weighted by molar-refractivity contribution is -0.106. The van der Waals surface area contributed by atoms with Crippen molar-refractivity contribution in [3.63, 3.8) is 0 Å². The number of carbonyl (C=O) groups is 1. The summed E-state index contributed by atoms with van der Waals surface area (Å²) in [6.07, 6.45) is 3.24. The van der Waals surface area contributed by atoms with Crippen LogP contribution in [0, 0.1) is 5.82 Å². The molecule has 0 saturated carbocycles. The van der Waals surface area contributed by atoms with Gasteiger partial charge in [-0.15, -0.1) is 0 Å². The van der Waals surface area contributed by atoms with E-state index in [1.165, 1.54) is 6.07 Å². The first kappa shape index (κ1) is 28.8. The quantitative estimate of drug-likeness (QED) is 0.363. The molecule has 0 aromatic heterocycles. The molecule has 4 N–H and O–H groups in total. The molecular formula is C27H37F2N5O2. The minimum Gasteiger partial charge on any atom is -0.489 e. The average Bonchev–Trinajstić information content (AvgIpc) is 3.19. The Kier molecular flexibility index (Phi) is 10.9. The third-order valence-electron chi connectivity index (χ3n) is 5.49. The second kappa shape index (κ2) is 13.6. The van der Waals surface area contributed by atoms with Crippen LogP contribution in [-0.4, -0.2) is 56.0 Å². The SMILES string of the molecule is C=c1cc(OC2CCN(C)C2)cc(F)/c1=C(/N=C\C)Nc1ccc(NCCC(C)(C)F)cc1.NC=O. The summed E-state index contributed by atoms with van der Waals surface area (Å²) in [7, 11) is 2.04. The van der Waals surface area contributed by atoms with Gasteiger partial charge in [-0.25, -0.2) is 13.8 Å². The van der Waals surface area contributed by atoms with Crippen LogP contribution in [0.3, 0.4) is 0 Å². The third-order valence-corrected chi connectivity index (χ3v) is 5.49. The summed E-state index contributed by atoms with van der Waals surface area (Å²) in [4.78, 5) is 15.1. The maximum Gasteiger partial charge on any atom is 0.204 e. The topological polar surface area (TPSA) is 92.0 Å². The Morgan fingerprint density at radius 2 is 1.94 bits per heavy atom. The van der Waals surface area contributed by atoms with Crippen LogP contribution in [0.1, 0.15) is 33.6 Å². The van der Waals surface area contributed by atoms with Gasteiger partial charge in [0, 0.05) is 43.3 Å². The molecule has 1 amide bonds. The molecule has 1 aliphatic rings. The molecule has 9 heteroatoms. The molecular weight excluding hydrogens is 464 g/mol. The minimum atomic E-state index is -1.21. The first-order valence-electron chi connectivity index (χ1n) is 11.9. The summed E-state index contributed by atoms with van der Waals surface area (Å²) in [5.41, 5.74) is 4.59. The van der Waals surface area contributed by atoms with Crippen LogP contribution in [0.4, 0.5) is 20.2 Å². The zero-order valence-corrected chi connectivity index (χ0v) is 21.5. The Balaban J connectivity index is 0.00000145. The van der Waals surface area contributed by atoms with Crippen molar-refractivity contribution in [2.24, 2.45) is 10.7 Å².